The van der Waals surface area contributed by atoms with Gasteiger partial charge in [-0.2, -0.15) is 0 Å². The molecular formula is C12H15ClN4O. The van der Waals surface area contributed by atoms with Crippen molar-refractivity contribution in [2.45, 2.75) is 18.9 Å². The SMILES string of the molecule is Nc1cc(Cl)cnc1N1CCCC2C(=O)NCC21. The summed E-state index contributed by atoms with van der Waals surface area (Å²) >= 11 is 5.86. The normalized spacial score (nSPS) is 26.9. The molecule has 0 aromatic carbocycles. The standard InChI is InChI=1S/C12H15ClN4O/c13-7-4-9(14)11(15-5-7)17-3-1-2-8-10(17)6-16-12(8)18/h4-5,8,10H,1-3,6,14H2,(H,16,18). The number of amides is 1. The second-order valence-electron chi connectivity index (χ2n) is 4.82. The molecule has 1 amide bonds. The molecule has 2 unspecified atom stereocenters. The van der Waals surface area contributed by atoms with Crippen LogP contribution in [0.15, 0.2) is 12.3 Å². The highest BCUT2D eigenvalue weighted by Gasteiger charge is 2.41. The van der Waals surface area contributed by atoms with Crippen molar-refractivity contribution in [3.8, 4) is 0 Å². The second-order valence-corrected chi connectivity index (χ2v) is 5.26. The van der Waals surface area contributed by atoms with Crippen LogP contribution in [0.3, 0.4) is 0 Å². The van der Waals surface area contributed by atoms with Gasteiger partial charge in [0.2, 0.25) is 5.91 Å². The molecule has 0 saturated carbocycles. The molecule has 3 N–H and O–H groups in total. The first-order chi connectivity index (χ1) is 8.66. The number of pyridine rings is 1. The van der Waals surface area contributed by atoms with Gasteiger partial charge in [-0.1, -0.05) is 11.6 Å². The van der Waals surface area contributed by atoms with Crippen LogP contribution < -0.4 is 16.0 Å². The maximum atomic E-state index is 11.7. The number of halogens is 1. The van der Waals surface area contributed by atoms with E-state index in [1.807, 2.05) is 0 Å². The number of nitrogen functional groups attached to an aromatic ring is 1. The maximum absolute atomic E-state index is 11.7. The summed E-state index contributed by atoms with van der Waals surface area (Å²) in [6.45, 7) is 1.56. The first-order valence-electron chi connectivity index (χ1n) is 6.12. The number of carbonyl (C=O) groups excluding carboxylic acids is 1. The summed E-state index contributed by atoms with van der Waals surface area (Å²) in [7, 11) is 0. The van der Waals surface area contributed by atoms with Crippen molar-refractivity contribution in [1.29, 1.82) is 0 Å². The molecule has 2 saturated heterocycles. The van der Waals surface area contributed by atoms with Crippen molar-refractivity contribution < 1.29 is 4.79 Å². The highest BCUT2D eigenvalue weighted by Crippen LogP contribution is 2.33. The van der Waals surface area contributed by atoms with Crippen LogP contribution in [-0.2, 0) is 4.79 Å². The van der Waals surface area contributed by atoms with Crippen LogP contribution in [-0.4, -0.2) is 30.0 Å². The lowest BCUT2D eigenvalue weighted by atomic mass is 9.91. The van der Waals surface area contributed by atoms with E-state index in [1.54, 1.807) is 12.3 Å². The van der Waals surface area contributed by atoms with Crippen LogP contribution in [0.2, 0.25) is 5.02 Å². The third-order valence-electron chi connectivity index (χ3n) is 3.73. The smallest absolute Gasteiger partial charge is 0.225 e. The first-order valence-corrected chi connectivity index (χ1v) is 6.50. The molecule has 18 heavy (non-hydrogen) atoms. The lowest BCUT2D eigenvalue weighted by molar-refractivity contribution is -0.122. The molecule has 5 nitrogen and oxygen atoms in total. The Morgan fingerprint density at radius 3 is 3.17 bits per heavy atom. The Labute approximate surface area is 110 Å². The molecule has 3 heterocycles. The second kappa shape index (κ2) is 4.31. The summed E-state index contributed by atoms with van der Waals surface area (Å²) in [5.41, 5.74) is 6.55. The van der Waals surface area contributed by atoms with E-state index in [-0.39, 0.29) is 17.9 Å². The van der Waals surface area contributed by atoms with Crippen molar-refractivity contribution in [1.82, 2.24) is 10.3 Å². The molecule has 2 aliphatic heterocycles. The molecule has 2 aliphatic rings. The van der Waals surface area contributed by atoms with Crippen molar-refractivity contribution in [2.75, 3.05) is 23.7 Å². The van der Waals surface area contributed by atoms with Gasteiger partial charge in [0.15, 0.2) is 5.82 Å². The number of hydrogen-bond acceptors (Lipinski definition) is 4. The van der Waals surface area contributed by atoms with Crippen molar-refractivity contribution in [2.24, 2.45) is 5.92 Å². The van der Waals surface area contributed by atoms with Crippen molar-refractivity contribution in [3.05, 3.63) is 17.3 Å². The Hall–Kier alpha value is -1.49. The number of carbonyl (C=O) groups is 1. The van der Waals surface area contributed by atoms with E-state index in [2.05, 4.69) is 15.2 Å². The van der Waals surface area contributed by atoms with Gasteiger partial charge in [0.1, 0.15) is 0 Å². The van der Waals surface area contributed by atoms with Gasteiger partial charge >= 0.3 is 0 Å². The molecule has 2 atom stereocenters. The predicted octanol–water partition coefficient (Wildman–Crippen LogP) is 1.03. The number of piperidine rings is 1. The number of nitrogens with one attached hydrogen (secondary N) is 1. The molecule has 6 heteroatoms. The van der Waals surface area contributed by atoms with E-state index in [0.29, 0.717) is 17.3 Å². The lowest BCUT2D eigenvalue weighted by Crippen LogP contribution is -2.46. The highest BCUT2D eigenvalue weighted by molar-refractivity contribution is 6.30. The number of anilines is 2. The Balaban J connectivity index is 1.93. The fourth-order valence-electron chi connectivity index (χ4n) is 2.90. The molecule has 2 fully saturated rings. The Kier molecular flexibility index (Phi) is 2.78. The Morgan fingerprint density at radius 2 is 2.39 bits per heavy atom. The van der Waals surface area contributed by atoms with Crippen LogP contribution in [0.5, 0.6) is 0 Å². The average Bonchev–Trinajstić information content (AvgIpc) is 2.72. The van der Waals surface area contributed by atoms with Gasteiger partial charge in [0.25, 0.3) is 0 Å². The van der Waals surface area contributed by atoms with E-state index in [1.165, 1.54) is 0 Å². The molecular weight excluding hydrogens is 252 g/mol. The van der Waals surface area contributed by atoms with Crippen LogP contribution in [0.1, 0.15) is 12.8 Å². The number of hydrogen-bond donors (Lipinski definition) is 2. The van der Waals surface area contributed by atoms with Gasteiger partial charge in [-0.15, -0.1) is 0 Å². The van der Waals surface area contributed by atoms with Crippen LogP contribution in [0.25, 0.3) is 0 Å². The highest BCUT2D eigenvalue weighted by atomic mass is 35.5. The minimum absolute atomic E-state index is 0.0654. The van der Waals surface area contributed by atoms with Gasteiger partial charge in [-0.3, -0.25) is 4.79 Å². The maximum Gasteiger partial charge on any atom is 0.225 e. The first kappa shape index (κ1) is 11.6. The van der Waals surface area contributed by atoms with E-state index in [0.717, 1.165) is 25.2 Å². The summed E-state index contributed by atoms with van der Waals surface area (Å²) in [4.78, 5) is 18.2. The molecule has 3 rings (SSSR count). The monoisotopic (exact) mass is 266 g/mol. The Bertz CT molecular complexity index is 493. The minimum atomic E-state index is 0.0654. The Morgan fingerprint density at radius 1 is 1.56 bits per heavy atom. The number of fused-ring (bicyclic) bond motifs is 1. The fourth-order valence-corrected chi connectivity index (χ4v) is 3.07. The molecule has 0 aliphatic carbocycles. The molecule has 96 valence electrons. The van der Waals surface area contributed by atoms with E-state index in [4.69, 9.17) is 17.3 Å². The summed E-state index contributed by atoms with van der Waals surface area (Å²) in [5, 5.41) is 3.45. The molecule has 0 spiro atoms. The summed E-state index contributed by atoms with van der Waals surface area (Å²) < 4.78 is 0. The summed E-state index contributed by atoms with van der Waals surface area (Å²) in [6, 6.07) is 1.87. The van der Waals surface area contributed by atoms with E-state index in [9.17, 15) is 4.79 Å². The van der Waals surface area contributed by atoms with Gasteiger partial charge in [-0.05, 0) is 18.9 Å². The van der Waals surface area contributed by atoms with E-state index < -0.39 is 0 Å². The topological polar surface area (TPSA) is 71.2 Å². The number of nitrogens with zero attached hydrogens (tertiary/aromatic N) is 2. The fraction of sp³-hybridized carbons (Fsp3) is 0.500. The average molecular weight is 267 g/mol. The molecule has 0 bridgehead atoms. The number of nitrogens with two attached hydrogens (primary N) is 1. The van der Waals surface area contributed by atoms with Gasteiger partial charge in [0, 0.05) is 19.3 Å². The zero-order chi connectivity index (χ0) is 12.7. The number of rotatable bonds is 1. The summed E-state index contributed by atoms with van der Waals surface area (Å²) in [5.74, 6) is 0.957. The van der Waals surface area contributed by atoms with Gasteiger partial charge < -0.3 is 16.0 Å². The third kappa shape index (κ3) is 1.79. The van der Waals surface area contributed by atoms with Crippen LogP contribution in [0, 0.1) is 5.92 Å². The molecule has 1 aromatic heterocycles. The zero-order valence-electron chi connectivity index (χ0n) is 9.90. The predicted molar refractivity (Wildman–Crippen MR) is 70.5 cm³/mol. The van der Waals surface area contributed by atoms with E-state index >= 15 is 0 Å². The van der Waals surface area contributed by atoms with Crippen molar-refractivity contribution in [3.63, 3.8) is 0 Å². The number of aromatic nitrogens is 1. The minimum Gasteiger partial charge on any atom is -0.396 e. The zero-order valence-corrected chi connectivity index (χ0v) is 10.7. The van der Waals surface area contributed by atoms with Gasteiger partial charge in [-0.25, -0.2) is 4.98 Å². The summed E-state index contributed by atoms with van der Waals surface area (Å²) in [6.07, 6.45) is 3.53. The van der Waals surface area contributed by atoms with Gasteiger partial charge in [0.05, 0.1) is 22.7 Å². The lowest BCUT2D eigenvalue weighted by Gasteiger charge is -2.37. The largest absolute Gasteiger partial charge is 0.396 e. The molecule has 0 radical (unpaired) electrons. The third-order valence-corrected chi connectivity index (χ3v) is 3.94. The van der Waals surface area contributed by atoms with Crippen LogP contribution in [0.4, 0.5) is 11.5 Å². The van der Waals surface area contributed by atoms with Crippen LogP contribution >= 0.6 is 11.6 Å². The van der Waals surface area contributed by atoms with Crippen molar-refractivity contribution >= 4 is 29.0 Å². The quantitative estimate of drug-likeness (QED) is 0.797. The molecule has 1 aromatic rings.